The molecule has 0 saturated carbocycles. The van der Waals surface area contributed by atoms with E-state index < -0.39 is 65.7 Å². The lowest BCUT2D eigenvalue weighted by Gasteiger charge is -2.30. The monoisotopic (exact) mass is 547 g/mol. The molecule has 1 aliphatic heterocycles. The smallest absolute Gasteiger partial charge is 0.387 e. The number of ether oxygens (including phenoxy) is 1. The average molecular weight is 548 g/mol. The van der Waals surface area contributed by atoms with Crippen molar-refractivity contribution in [2.45, 2.75) is 31.0 Å². The zero-order chi connectivity index (χ0) is 24.7. The number of phosphoric acid groups is 3. The maximum Gasteiger partial charge on any atom is 0.490 e. The fourth-order valence-electron chi connectivity index (χ4n) is 2.56. The van der Waals surface area contributed by atoms with E-state index in [1.807, 2.05) is 0 Å². The molecule has 1 aromatic heterocycles. The summed E-state index contributed by atoms with van der Waals surface area (Å²) in [4.78, 5) is 51.2. The van der Waals surface area contributed by atoms with Gasteiger partial charge in [0.2, 0.25) is 0 Å². The molecule has 6 atom stereocenters. The standard InChI is InChI=1S/C11H18ClFN3O13P3/c1-5-2-16(10(18)15-8(5)14)9-6(13)7(17)11(3-12,27-9)4-26-31(22,23)29-32(24,25)28-30(19,20)21/h2,6-7,9,17H,3-4H2,1H3,(H,22,23)(H,24,25)(H2,14,15,18)(H2,19,20,21)/t6-,7+,9-,11-/m1/s1. The van der Waals surface area contributed by atoms with Crippen molar-refractivity contribution in [3.05, 3.63) is 22.2 Å². The fourth-order valence-corrected chi connectivity index (χ4v) is 5.93. The van der Waals surface area contributed by atoms with Crippen molar-refractivity contribution in [3.8, 4) is 0 Å². The first kappa shape index (κ1) is 27.5. The second-order valence-corrected chi connectivity index (χ2v) is 11.1. The lowest BCUT2D eigenvalue weighted by atomic mass is 9.99. The Kier molecular flexibility index (Phi) is 8.13. The SMILES string of the molecule is Cc1cn([C@@H]2O[C@](CCl)(COP(=O)(O)OP(=O)(O)OP(=O)(O)O)[C@@H](O)[C@H]2F)c(=O)nc1N. The minimum atomic E-state index is -5.81. The van der Waals surface area contributed by atoms with Crippen LogP contribution < -0.4 is 11.4 Å². The third-order valence-electron chi connectivity index (χ3n) is 4.03. The quantitative estimate of drug-likeness (QED) is 0.171. The molecule has 1 saturated heterocycles. The summed E-state index contributed by atoms with van der Waals surface area (Å²) in [5.74, 6) is -0.923. The number of nitrogen functional groups attached to an aromatic ring is 1. The Balaban J connectivity index is 2.24. The summed E-state index contributed by atoms with van der Waals surface area (Å²) < 4.78 is 66.1. The normalized spacial score (nSPS) is 30.1. The number of phosphoric ester groups is 1. The van der Waals surface area contributed by atoms with E-state index in [0.29, 0.717) is 4.57 Å². The molecule has 16 nitrogen and oxygen atoms in total. The van der Waals surface area contributed by atoms with Crippen LogP contribution in [0.15, 0.2) is 11.0 Å². The van der Waals surface area contributed by atoms with Gasteiger partial charge in [-0.05, 0) is 6.92 Å². The van der Waals surface area contributed by atoms with Gasteiger partial charge in [-0.15, -0.1) is 11.6 Å². The molecule has 2 rings (SSSR count). The Bertz CT molecular complexity index is 1070. The highest BCUT2D eigenvalue weighted by molar-refractivity contribution is 7.66. The number of rotatable bonds is 9. The first-order valence-corrected chi connectivity index (χ1v) is 13.2. The predicted molar refractivity (Wildman–Crippen MR) is 102 cm³/mol. The lowest BCUT2D eigenvalue weighted by Crippen LogP contribution is -2.47. The molecule has 1 fully saturated rings. The number of halogens is 2. The van der Waals surface area contributed by atoms with Crippen LogP contribution >= 0.6 is 35.1 Å². The highest BCUT2D eigenvalue weighted by Crippen LogP contribution is 2.66. The van der Waals surface area contributed by atoms with E-state index in [9.17, 15) is 32.9 Å². The van der Waals surface area contributed by atoms with Crippen molar-refractivity contribution in [2.24, 2.45) is 0 Å². The number of aliphatic hydroxyl groups excluding tert-OH is 1. The number of aromatic nitrogens is 2. The Hall–Kier alpha value is -0.770. The lowest BCUT2D eigenvalue weighted by molar-refractivity contribution is -0.113. The summed E-state index contributed by atoms with van der Waals surface area (Å²) in [5, 5.41) is 10.3. The molecule has 1 aromatic rings. The van der Waals surface area contributed by atoms with Gasteiger partial charge < -0.3 is 35.2 Å². The van der Waals surface area contributed by atoms with E-state index in [1.54, 1.807) is 0 Å². The third kappa shape index (κ3) is 6.42. The molecule has 0 bridgehead atoms. The molecule has 2 heterocycles. The molecule has 2 unspecified atom stereocenters. The minimum Gasteiger partial charge on any atom is -0.387 e. The van der Waals surface area contributed by atoms with Gasteiger partial charge in [-0.3, -0.25) is 9.09 Å². The summed E-state index contributed by atoms with van der Waals surface area (Å²) in [7, 11) is -17.0. The van der Waals surface area contributed by atoms with E-state index in [2.05, 4.69) is 18.1 Å². The largest absolute Gasteiger partial charge is 0.490 e. The van der Waals surface area contributed by atoms with Crippen molar-refractivity contribution in [1.29, 1.82) is 0 Å². The van der Waals surface area contributed by atoms with E-state index in [1.165, 1.54) is 6.92 Å². The van der Waals surface area contributed by atoms with Gasteiger partial charge in [0.1, 0.15) is 17.5 Å². The first-order valence-electron chi connectivity index (χ1n) is 8.11. The second-order valence-electron chi connectivity index (χ2n) is 6.46. The molecular weight excluding hydrogens is 530 g/mol. The molecule has 0 aromatic carbocycles. The number of hydrogen-bond acceptors (Lipinski definition) is 11. The maximum absolute atomic E-state index is 14.8. The number of hydrogen-bond donors (Lipinski definition) is 6. The Morgan fingerprint density at radius 3 is 2.41 bits per heavy atom. The van der Waals surface area contributed by atoms with Crippen LogP contribution in [0.4, 0.5) is 10.2 Å². The summed E-state index contributed by atoms with van der Waals surface area (Å²) >= 11 is 5.72. The van der Waals surface area contributed by atoms with Gasteiger partial charge in [0, 0.05) is 11.8 Å². The van der Waals surface area contributed by atoms with Crippen LogP contribution in [0.3, 0.4) is 0 Å². The van der Waals surface area contributed by atoms with E-state index >= 15 is 0 Å². The zero-order valence-electron chi connectivity index (χ0n) is 15.8. The molecule has 0 spiro atoms. The molecule has 0 radical (unpaired) electrons. The van der Waals surface area contributed by atoms with E-state index in [0.717, 1.165) is 6.20 Å². The topological polar surface area (TPSA) is 250 Å². The van der Waals surface area contributed by atoms with Crippen molar-refractivity contribution >= 4 is 40.9 Å². The second kappa shape index (κ2) is 9.47. The maximum atomic E-state index is 14.8. The molecule has 1 aliphatic rings. The van der Waals surface area contributed by atoms with Gasteiger partial charge in [0.25, 0.3) is 0 Å². The first-order chi connectivity index (χ1) is 14.4. The fraction of sp³-hybridized carbons (Fsp3) is 0.636. The zero-order valence-corrected chi connectivity index (χ0v) is 19.2. The van der Waals surface area contributed by atoms with Crippen LogP contribution in [0.1, 0.15) is 11.8 Å². The van der Waals surface area contributed by atoms with E-state index in [4.69, 9.17) is 36.8 Å². The van der Waals surface area contributed by atoms with Crippen molar-refractivity contribution in [1.82, 2.24) is 9.55 Å². The highest BCUT2D eigenvalue weighted by atomic mass is 35.5. The number of alkyl halides is 2. The Morgan fingerprint density at radius 2 is 1.88 bits per heavy atom. The Labute approximate surface area is 183 Å². The van der Waals surface area contributed by atoms with Gasteiger partial charge in [-0.2, -0.15) is 13.6 Å². The van der Waals surface area contributed by atoms with Gasteiger partial charge in [-0.25, -0.2) is 22.9 Å². The Morgan fingerprint density at radius 1 is 1.28 bits per heavy atom. The number of aliphatic hydroxyl groups is 1. The van der Waals surface area contributed by atoms with Gasteiger partial charge in [0.05, 0.1) is 12.5 Å². The van der Waals surface area contributed by atoms with Crippen LogP contribution in [-0.2, 0) is 31.6 Å². The minimum absolute atomic E-state index is 0.142. The molecule has 0 amide bonds. The molecule has 7 N–H and O–H groups in total. The van der Waals surface area contributed by atoms with Crippen LogP contribution in [0, 0.1) is 6.92 Å². The van der Waals surface area contributed by atoms with Crippen LogP contribution in [0.2, 0.25) is 0 Å². The molecule has 32 heavy (non-hydrogen) atoms. The van der Waals surface area contributed by atoms with Gasteiger partial charge in [0.15, 0.2) is 12.4 Å². The molecule has 21 heteroatoms. The highest BCUT2D eigenvalue weighted by Gasteiger charge is 2.57. The van der Waals surface area contributed by atoms with Crippen LogP contribution in [-0.4, -0.2) is 64.6 Å². The molecular formula is C11H18ClFN3O13P3. The van der Waals surface area contributed by atoms with Crippen molar-refractivity contribution in [2.75, 3.05) is 18.2 Å². The van der Waals surface area contributed by atoms with Crippen LogP contribution in [0.25, 0.3) is 0 Å². The van der Waals surface area contributed by atoms with Crippen molar-refractivity contribution in [3.63, 3.8) is 0 Å². The average Bonchev–Trinajstić information content (AvgIpc) is 2.85. The number of nitrogens with two attached hydrogens (primary N) is 1. The molecule has 0 aliphatic carbocycles. The van der Waals surface area contributed by atoms with Gasteiger partial charge >= 0.3 is 29.2 Å². The summed E-state index contributed by atoms with van der Waals surface area (Å²) in [6.45, 7) is 0.204. The third-order valence-corrected chi connectivity index (χ3v) is 8.27. The van der Waals surface area contributed by atoms with Gasteiger partial charge in [-0.1, -0.05) is 0 Å². The number of aryl methyl sites for hydroxylation is 1. The van der Waals surface area contributed by atoms with E-state index in [-0.39, 0.29) is 11.4 Å². The number of anilines is 1. The number of nitrogens with zero attached hydrogens (tertiary/aromatic N) is 2. The molecule has 184 valence electrons. The van der Waals surface area contributed by atoms with Crippen LogP contribution in [0.5, 0.6) is 0 Å². The summed E-state index contributed by atoms with van der Waals surface area (Å²) in [6, 6.07) is 0. The summed E-state index contributed by atoms with van der Waals surface area (Å²) in [5.41, 5.74) is 2.41. The predicted octanol–water partition coefficient (Wildman–Crippen LogP) is -0.317. The summed E-state index contributed by atoms with van der Waals surface area (Å²) in [6.07, 6.45) is -5.23. The van der Waals surface area contributed by atoms with Crippen molar-refractivity contribution < 1.29 is 60.6 Å².